The Bertz CT molecular complexity index is 423. The maximum absolute atomic E-state index is 11.4. The van der Waals surface area contributed by atoms with Crippen molar-refractivity contribution >= 4 is 0 Å². The van der Waals surface area contributed by atoms with E-state index >= 15 is 0 Å². The number of piperidine rings is 1. The molecule has 0 amide bonds. The molecule has 0 aliphatic carbocycles. The third-order valence-corrected chi connectivity index (χ3v) is 3.38. The van der Waals surface area contributed by atoms with Crippen LogP contribution in [0.3, 0.4) is 0 Å². The SMILES string of the molecule is CCc1nc(CNCC2CCNCC2)cc(=O)[nH]1. The first-order chi connectivity index (χ1) is 8.78. The van der Waals surface area contributed by atoms with Gasteiger partial charge in [0.05, 0.1) is 5.69 Å². The molecule has 0 bridgehead atoms. The second-order valence-electron chi connectivity index (χ2n) is 4.86. The zero-order valence-corrected chi connectivity index (χ0v) is 11.0. The molecule has 3 N–H and O–H groups in total. The van der Waals surface area contributed by atoms with Crippen molar-refractivity contribution in [3.63, 3.8) is 0 Å². The maximum Gasteiger partial charge on any atom is 0.251 e. The van der Waals surface area contributed by atoms with Crippen molar-refractivity contribution < 1.29 is 0 Å². The van der Waals surface area contributed by atoms with Gasteiger partial charge in [0.1, 0.15) is 5.82 Å². The summed E-state index contributed by atoms with van der Waals surface area (Å²) in [7, 11) is 0. The Hall–Kier alpha value is -1.20. The van der Waals surface area contributed by atoms with Crippen LogP contribution in [0.1, 0.15) is 31.3 Å². The minimum Gasteiger partial charge on any atom is -0.317 e. The zero-order chi connectivity index (χ0) is 12.8. The molecule has 2 rings (SSSR count). The van der Waals surface area contributed by atoms with Gasteiger partial charge in [0.25, 0.3) is 5.56 Å². The molecule has 0 spiro atoms. The summed E-state index contributed by atoms with van der Waals surface area (Å²) in [4.78, 5) is 18.5. The van der Waals surface area contributed by atoms with Crippen LogP contribution < -0.4 is 16.2 Å². The number of nitrogens with one attached hydrogen (secondary N) is 3. The smallest absolute Gasteiger partial charge is 0.251 e. The quantitative estimate of drug-likeness (QED) is 0.708. The summed E-state index contributed by atoms with van der Waals surface area (Å²) in [5.74, 6) is 1.51. The Kier molecular flexibility index (Phi) is 4.90. The molecule has 5 nitrogen and oxygen atoms in total. The van der Waals surface area contributed by atoms with E-state index < -0.39 is 0 Å². The Morgan fingerprint density at radius 2 is 2.22 bits per heavy atom. The Morgan fingerprint density at radius 1 is 1.44 bits per heavy atom. The molecular formula is C13H22N4O. The highest BCUT2D eigenvalue weighted by molar-refractivity contribution is 5.02. The van der Waals surface area contributed by atoms with Crippen LogP contribution in [0.2, 0.25) is 0 Å². The van der Waals surface area contributed by atoms with Crippen molar-refractivity contribution in [1.82, 2.24) is 20.6 Å². The lowest BCUT2D eigenvalue weighted by Gasteiger charge is -2.22. The van der Waals surface area contributed by atoms with Gasteiger partial charge < -0.3 is 15.6 Å². The summed E-state index contributed by atoms with van der Waals surface area (Å²) in [5.41, 5.74) is 0.782. The van der Waals surface area contributed by atoms with Crippen LogP contribution in [0.4, 0.5) is 0 Å². The molecule has 2 heterocycles. The average molecular weight is 250 g/mol. The fourth-order valence-corrected chi connectivity index (χ4v) is 2.31. The van der Waals surface area contributed by atoms with Crippen molar-refractivity contribution in [3.8, 4) is 0 Å². The summed E-state index contributed by atoms with van der Waals surface area (Å²) in [6.07, 6.45) is 3.23. The van der Waals surface area contributed by atoms with Crippen molar-refractivity contribution in [1.29, 1.82) is 0 Å². The first-order valence-electron chi connectivity index (χ1n) is 6.78. The monoisotopic (exact) mass is 250 g/mol. The van der Waals surface area contributed by atoms with Crippen LogP contribution in [0.5, 0.6) is 0 Å². The lowest BCUT2D eigenvalue weighted by molar-refractivity contribution is 0.355. The summed E-state index contributed by atoms with van der Waals surface area (Å²) >= 11 is 0. The highest BCUT2D eigenvalue weighted by Gasteiger charge is 2.12. The Labute approximate surface area is 107 Å². The van der Waals surface area contributed by atoms with Gasteiger partial charge in [-0.1, -0.05) is 6.92 Å². The molecule has 0 radical (unpaired) electrons. The molecule has 18 heavy (non-hydrogen) atoms. The van der Waals surface area contributed by atoms with E-state index in [1.165, 1.54) is 12.8 Å². The molecule has 1 aromatic heterocycles. The molecule has 1 aliphatic rings. The van der Waals surface area contributed by atoms with E-state index in [1.807, 2.05) is 6.92 Å². The van der Waals surface area contributed by atoms with Gasteiger partial charge in [0.2, 0.25) is 0 Å². The lowest BCUT2D eigenvalue weighted by Crippen LogP contribution is -2.33. The number of H-pyrrole nitrogens is 1. The van der Waals surface area contributed by atoms with E-state index in [9.17, 15) is 4.79 Å². The predicted octanol–water partition coefficient (Wildman–Crippen LogP) is 0.422. The Morgan fingerprint density at radius 3 is 2.94 bits per heavy atom. The molecule has 0 atom stereocenters. The number of aromatic amines is 1. The minimum atomic E-state index is -0.0551. The molecule has 1 saturated heterocycles. The van der Waals surface area contributed by atoms with Crippen molar-refractivity contribution in [2.45, 2.75) is 32.7 Å². The molecule has 5 heteroatoms. The van der Waals surface area contributed by atoms with Gasteiger partial charge in [-0.2, -0.15) is 0 Å². The average Bonchev–Trinajstić information content (AvgIpc) is 2.39. The summed E-state index contributed by atoms with van der Waals surface area (Å²) in [6.45, 7) is 5.92. The number of aryl methyl sites for hydroxylation is 1. The van der Waals surface area contributed by atoms with Crippen LogP contribution in [0, 0.1) is 5.92 Å². The van der Waals surface area contributed by atoms with E-state index in [4.69, 9.17) is 0 Å². The molecule has 1 aromatic rings. The third kappa shape index (κ3) is 3.92. The number of rotatable bonds is 5. The fraction of sp³-hybridized carbons (Fsp3) is 0.692. The van der Waals surface area contributed by atoms with Gasteiger partial charge in [-0.25, -0.2) is 4.98 Å². The van der Waals surface area contributed by atoms with E-state index in [2.05, 4.69) is 20.6 Å². The van der Waals surface area contributed by atoms with Crippen molar-refractivity contribution in [2.75, 3.05) is 19.6 Å². The predicted molar refractivity (Wildman–Crippen MR) is 71.5 cm³/mol. The number of nitrogens with zero attached hydrogens (tertiary/aromatic N) is 1. The van der Waals surface area contributed by atoms with Gasteiger partial charge in [0.15, 0.2) is 0 Å². The lowest BCUT2D eigenvalue weighted by atomic mass is 9.98. The van der Waals surface area contributed by atoms with Gasteiger partial charge in [-0.3, -0.25) is 4.79 Å². The first kappa shape index (κ1) is 13.2. The zero-order valence-electron chi connectivity index (χ0n) is 11.0. The third-order valence-electron chi connectivity index (χ3n) is 3.38. The molecule has 0 aromatic carbocycles. The molecular weight excluding hydrogens is 228 g/mol. The molecule has 100 valence electrons. The Balaban J connectivity index is 1.82. The highest BCUT2D eigenvalue weighted by Crippen LogP contribution is 2.09. The van der Waals surface area contributed by atoms with Crippen molar-refractivity contribution in [3.05, 3.63) is 27.9 Å². The standard InChI is InChI=1S/C13H22N4O/c1-2-12-16-11(7-13(18)17-12)9-15-8-10-3-5-14-6-4-10/h7,10,14-15H,2-6,8-9H2,1H3,(H,16,17,18). The topological polar surface area (TPSA) is 69.8 Å². The second kappa shape index (κ2) is 6.66. The molecule has 1 fully saturated rings. The first-order valence-corrected chi connectivity index (χ1v) is 6.78. The highest BCUT2D eigenvalue weighted by atomic mass is 16.1. The van der Waals surface area contributed by atoms with E-state index in [0.717, 1.165) is 43.5 Å². The minimum absolute atomic E-state index is 0.0551. The van der Waals surface area contributed by atoms with Crippen molar-refractivity contribution in [2.24, 2.45) is 5.92 Å². The van der Waals surface area contributed by atoms with E-state index in [0.29, 0.717) is 6.54 Å². The summed E-state index contributed by atoms with van der Waals surface area (Å²) < 4.78 is 0. The number of aromatic nitrogens is 2. The van der Waals surface area contributed by atoms with Gasteiger partial charge in [0, 0.05) is 19.0 Å². The molecule has 1 aliphatic heterocycles. The van der Waals surface area contributed by atoms with E-state index in [1.54, 1.807) is 6.07 Å². The summed E-state index contributed by atoms with van der Waals surface area (Å²) in [5, 5.41) is 6.77. The van der Waals surface area contributed by atoms with Crippen LogP contribution in [0.15, 0.2) is 10.9 Å². The summed E-state index contributed by atoms with van der Waals surface area (Å²) in [6, 6.07) is 1.58. The fourth-order valence-electron chi connectivity index (χ4n) is 2.31. The molecule has 0 saturated carbocycles. The van der Waals surface area contributed by atoms with Crippen LogP contribution in [-0.4, -0.2) is 29.6 Å². The van der Waals surface area contributed by atoms with E-state index in [-0.39, 0.29) is 5.56 Å². The number of hydrogen-bond donors (Lipinski definition) is 3. The number of hydrogen-bond acceptors (Lipinski definition) is 4. The maximum atomic E-state index is 11.4. The van der Waals surface area contributed by atoms with Gasteiger partial charge >= 0.3 is 0 Å². The van der Waals surface area contributed by atoms with Gasteiger partial charge in [-0.05, 0) is 38.4 Å². The largest absolute Gasteiger partial charge is 0.317 e. The second-order valence-corrected chi connectivity index (χ2v) is 4.86. The van der Waals surface area contributed by atoms with Gasteiger partial charge in [-0.15, -0.1) is 0 Å². The normalized spacial score (nSPS) is 16.9. The van der Waals surface area contributed by atoms with Crippen LogP contribution in [0.25, 0.3) is 0 Å². The molecule has 0 unspecified atom stereocenters. The van der Waals surface area contributed by atoms with Crippen LogP contribution >= 0.6 is 0 Å². The van der Waals surface area contributed by atoms with Crippen LogP contribution in [-0.2, 0) is 13.0 Å².